The number of aromatic nitrogens is 2. The topological polar surface area (TPSA) is 43.9 Å². The lowest BCUT2D eigenvalue weighted by Gasteiger charge is -2.32. The molecule has 0 spiro atoms. The maximum absolute atomic E-state index is 15.1. The highest BCUT2D eigenvalue weighted by Crippen LogP contribution is 2.44. The molecule has 0 amide bonds. The molecule has 2 N–H and O–H groups in total. The third kappa shape index (κ3) is 2.77. The number of nitrogens with zero attached hydrogens (tertiary/aromatic N) is 1. The van der Waals surface area contributed by atoms with E-state index in [1.165, 1.54) is 0 Å². The molecule has 0 saturated heterocycles. The molecule has 1 aliphatic rings. The fourth-order valence-corrected chi connectivity index (χ4v) is 2.93. The second kappa shape index (κ2) is 6.71. The smallest absolute Gasteiger partial charge is 0.187 e. The molecule has 7 heteroatoms. The second-order valence-corrected chi connectivity index (χ2v) is 5.89. The van der Waals surface area contributed by atoms with Gasteiger partial charge in [-0.3, -0.25) is 4.99 Å². The molecule has 0 radical (unpaired) electrons. The normalized spacial score (nSPS) is 24.8. The van der Waals surface area contributed by atoms with Gasteiger partial charge < -0.3 is 9.97 Å². The Hall–Kier alpha value is -3.01. The summed E-state index contributed by atoms with van der Waals surface area (Å²) in [6.07, 6.45) is 5.63. The molecular weight excluding hydrogens is 346 g/mol. The molecule has 2 heterocycles. The summed E-state index contributed by atoms with van der Waals surface area (Å²) in [5.41, 5.74) is -3.93. The molecular formula is C19H15F4N3. The van der Waals surface area contributed by atoms with Crippen LogP contribution in [0.1, 0.15) is 18.3 Å². The monoisotopic (exact) mass is 361 g/mol. The van der Waals surface area contributed by atoms with E-state index >= 15 is 8.78 Å². The Kier molecular flexibility index (Phi) is 4.60. The number of alkyl halides is 2. The van der Waals surface area contributed by atoms with Gasteiger partial charge in [0.1, 0.15) is 12.3 Å². The van der Waals surface area contributed by atoms with Crippen molar-refractivity contribution in [3.63, 3.8) is 0 Å². The van der Waals surface area contributed by atoms with Crippen molar-refractivity contribution in [1.82, 2.24) is 9.97 Å². The van der Waals surface area contributed by atoms with Crippen LogP contribution in [0.25, 0.3) is 5.57 Å². The van der Waals surface area contributed by atoms with Crippen molar-refractivity contribution in [2.24, 2.45) is 4.99 Å². The van der Waals surface area contributed by atoms with E-state index in [1.807, 2.05) is 0 Å². The minimum Gasteiger partial charge on any atom is -0.361 e. The Morgan fingerprint density at radius 3 is 2.23 bits per heavy atom. The van der Waals surface area contributed by atoms with Crippen LogP contribution in [-0.4, -0.2) is 34.1 Å². The van der Waals surface area contributed by atoms with Crippen LogP contribution >= 0.6 is 0 Å². The number of hydrogen-bond donors (Lipinski definition) is 2. The first-order valence-corrected chi connectivity index (χ1v) is 7.78. The predicted molar refractivity (Wildman–Crippen MR) is 92.4 cm³/mol. The molecule has 0 bridgehead atoms. The summed E-state index contributed by atoms with van der Waals surface area (Å²) >= 11 is 0. The van der Waals surface area contributed by atoms with Crippen molar-refractivity contribution in [3.05, 3.63) is 65.3 Å². The number of aromatic amines is 2. The molecule has 2 unspecified atom stereocenters. The van der Waals surface area contributed by atoms with E-state index in [-0.39, 0.29) is 12.1 Å². The van der Waals surface area contributed by atoms with Crippen molar-refractivity contribution < 1.29 is 17.6 Å². The Labute approximate surface area is 147 Å². The Bertz CT molecular complexity index is 890. The quantitative estimate of drug-likeness (QED) is 0.599. The van der Waals surface area contributed by atoms with Gasteiger partial charge >= 0.3 is 0 Å². The average Bonchev–Trinajstić information content (AvgIpc) is 3.31. The Morgan fingerprint density at radius 2 is 1.77 bits per heavy atom. The van der Waals surface area contributed by atoms with Crippen molar-refractivity contribution in [3.8, 4) is 12.3 Å². The lowest BCUT2D eigenvalue weighted by atomic mass is 9.81. The third-order valence-corrected chi connectivity index (χ3v) is 4.16. The lowest BCUT2D eigenvalue weighted by molar-refractivity contribution is 0.149. The summed E-state index contributed by atoms with van der Waals surface area (Å²) in [4.78, 5) is 9.14. The molecule has 0 aromatic carbocycles. The van der Waals surface area contributed by atoms with Crippen LogP contribution in [0.4, 0.5) is 17.6 Å². The van der Waals surface area contributed by atoms with Gasteiger partial charge in [0.25, 0.3) is 0 Å². The lowest BCUT2D eigenvalue weighted by Crippen LogP contribution is -2.46. The Morgan fingerprint density at radius 1 is 1.19 bits per heavy atom. The van der Waals surface area contributed by atoms with Crippen molar-refractivity contribution in [2.75, 3.05) is 6.54 Å². The van der Waals surface area contributed by atoms with Gasteiger partial charge in [-0.15, -0.1) is 6.42 Å². The minimum absolute atomic E-state index is 0.0000230. The highest BCUT2D eigenvalue weighted by Gasteiger charge is 2.51. The molecule has 26 heavy (non-hydrogen) atoms. The van der Waals surface area contributed by atoms with E-state index in [1.54, 1.807) is 36.7 Å². The summed E-state index contributed by atoms with van der Waals surface area (Å²) in [5, 5.41) is 0. The number of halogens is 4. The molecule has 3 nitrogen and oxygen atoms in total. The molecule has 0 aliphatic heterocycles. The number of allylic oxidation sites excluding steroid dienone is 3. The maximum Gasteiger partial charge on any atom is 0.187 e. The zero-order chi connectivity index (χ0) is 18.9. The minimum atomic E-state index is -2.88. The fourth-order valence-electron chi connectivity index (χ4n) is 2.93. The first-order chi connectivity index (χ1) is 12.4. The van der Waals surface area contributed by atoms with E-state index in [4.69, 9.17) is 6.42 Å². The highest BCUT2D eigenvalue weighted by molar-refractivity contribution is 6.08. The van der Waals surface area contributed by atoms with Crippen molar-refractivity contribution in [2.45, 2.75) is 18.8 Å². The third-order valence-electron chi connectivity index (χ3n) is 4.16. The summed E-state index contributed by atoms with van der Waals surface area (Å²) in [6.45, 7) is 0.432. The number of aliphatic imine (C=N–C) groups is 1. The molecule has 0 saturated carbocycles. The number of nitrogens with one attached hydrogen (secondary N) is 2. The Balaban J connectivity index is 2.34. The molecule has 1 aliphatic carbocycles. The van der Waals surface area contributed by atoms with Gasteiger partial charge in [-0.1, -0.05) is 5.92 Å². The maximum atomic E-state index is 15.1. The van der Waals surface area contributed by atoms with Crippen LogP contribution in [0.15, 0.2) is 58.9 Å². The zero-order valence-electron chi connectivity index (χ0n) is 13.8. The van der Waals surface area contributed by atoms with Crippen LogP contribution in [0, 0.1) is 12.3 Å². The second-order valence-electron chi connectivity index (χ2n) is 5.89. The van der Waals surface area contributed by atoms with Crippen molar-refractivity contribution in [1.29, 1.82) is 0 Å². The van der Waals surface area contributed by atoms with Gasteiger partial charge in [0.15, 0.2) is 23.5 Å². The largest absolute Gasteiger partial charge is 0.361 e. The van der Waals surface area contributed by atoms with E-state index in [0.717, 1.165) is 6.92 Å². The van der Waals surface area contributed by atoms with Crippen LogP contribution in [-0.2, 0) is 0 Å². The zero-order valence-corrected chi connectivity index (χ0v) is 13.8. The molecule has 2 atom stereocenters. The fraction of sp³-hybridized carbons (Fsp3) is 0.211. The summed E-state index contributed by atoms with van der Waals surface area (Å²) < 4.78 is 59.6. The number of hydrogen-bond acceptors (Lipinski definition) is 1. The number of terminal acetylenes is 1. The van der Waals surface area contributed by atoms with Crippen LogP contribution in [0.2, 0.25) is 0 Å². The number of rotatable bonds is 3. The highest BCUT2D eigenvalue weighted by atomic mass is 19.2. The van der Waals surface area contributed by atoms with Gasteiger partial charge in [0, 0.05) is 34.9 Å². The van der Waals surface area contributed by atoms with Crippen LogP contribution in [0.3, 0.4) is 0 Å². The molecule has 134 valence electrons. The first kappa shape index (κ1) is 17.8. The molecule has 0 fully saturated rings. The van der Waals surface area contributed by atoms with Crippen LogP contribution in [0.5, 0.6) is 0 Å². The standard InChI is InChI=1S/C19H15F4N3/c1-3-8-26-18-16(21)15(20)14(17(22)19(18,2)23)13(11-6-4-9-24-11)12-7-5-10-25-12/h1,4-7,9-10,17,24-25H,8H2,2H3. The van der Waals surface area contributed by atoms with Gasteiger partial charge in [0.2, 0.25) is 0 Å². The van der Waals surface area contributed by atoms with Gasteiger partial charge in [-0.05, 0) is 31.2 Å². The van der Waals surface area contributed by atoms with Crippen molar-refractivity contribution >= 4 is 11.3 Å². The van der Waals surface area contributed by atoms with Gasteiger partial charge in [-0.25, -0.2) is 17.6 Å². The van der Waals surface area contributed by atoms with E-state index in [0.29, 0.717) is 11.4 Å². The van der Waals surface area contributed by atoms with E-state index in [9.17, 15) is 8.78 Å². The van der Waals surface area contributed by atoms with E-state index < -0.39 is 34.8 Å². The molecule has 3 rings (SSSR count). The molecule has 2 aromatic heterocycles. The first-order valence-electron chi connectivity index (χ1n) is 7.78. The average molecular weight is 361 g/mol. The summed E-state index contributed by atoms with van der Waals surface area (Å²) in [6, 6.07) is 6.33. The van der Waals surface area contributed by atoms with Gasteiger partial charge in [-0.2, -0.15) is 0 Å². The summed E-state index contributed by atoms with van der Waals surface area (Å²) in [7, 11) is 0. The SMILES string of the molecule is C#CCN=C1C(F)=C(F)C(=C(c2ccc[nH]2)c2ccc[nH]2)C(F)C1(C)F. The van der Waals surface area contributed by atoms with Crippen LogP contribution < -0.4 is 0 Å². The number of H-pyrrole nitrogens is 2. The van der Waals surface area contributed by atoms with E-state index in [2.05, 4.69) is 20.9 Å². The predicted octanol–water partition coefficient (Wildman–Crippen LogP) is 4.45. The summed E-state index contributed by atoms with van der Waals surface area (Å²) in [5.74, 6) is -0.977. The van der Waals surface area contributed by atoms with Gasteiger partial charge in [0.05, 0.1) is 0 Å². The molecule has 2 aromatic rings.